The summed E-state index contributed by atoms with van der Waals surface area (Å²) in [5.41, 5.74) is 11.2. The highest BCUT2D eigenvalue weighted by molar-refractivity contribution is 5.93. The van der Waals surface area contributed by atoms with Gasteiger partial charge in [-0.05, 0) is 0 Å². The standard InChI is InChI=1S/C13H16N6O3/c1-3-13(15)9(21)7(4-20)22-11(13)19-5-16-8-6(2)17-12(14)18-10(8)19/h1,5,7,9,11,20-21H,2,4,15H2,(H3,14,17,18)/t7?,9?,11-,13-/m1/s1. The number of ether oxygens (including phenoxy) is 1. The molecule has 2 aliphatic heterocycles. The summed E-state index contributed by atoms with van der Waals surface area (Å²) in [6.45, 7) is 3.38. The summed E-state index contributed by atoms with van der Waals surface area (Å²) >= 11 is 0. The maximum Gasteiger partial charge on any atom is 0.199 e. The molecule has 0 aliphatic carbocycles. The van der Waals surface area contributed by atoms with Crippen molar-refractivity contribution in [2.75, 3.05) is 6.61 Å². The van der Waals surface area contributed by atoms with Gasteiger partial charge < -0.3 is 31.7 Å². The van der Waals surface area contributed by atoms with E-state index >= 15 is 0 Å². The third-order valence-electron chi connectivity index (χ3n) is 3.80. The topological polar surface area (TPSA) is 144 Å². The van der Waals surface area contributed by atoms with Crippen LogP contribution in [-0.4, -0.2) is 50.1 Å². The second-order valence-corrected chi connectivity index (χ2v) is 5.16. The molecule has 22 heavy (non-hydrogen) atoms. The van der Waals surface area contributed by atoms with Gasteiger partial charge in [0.05, 0.1) is 18.6 Å². The molecule has 0 amide bonds. The van der Waals surface area contributed by atoms with Crippen LogP contribution in [0.3, 0.4) is 0 Å². The Morgan fingerprint density at radius 3 is 3.00 bits per heavy atom. The molecule has 1 fully saturated rings. The molecule has 1 aromatic rings. The van der Waals surface area contributed by atoms with Gasteiger partial charge in [0.1, 0.15) is 17.9 Å². The van der Waals surface area contributed by atoms with Gasteiger partial charge >= 0.3 is 0 Å². The molecule has 2 aliphatic rings. The lowest BCUT2D eigenvalue weighted by Gasteiger charge is -2.28. The Labute approximate surface area is 126 Å². The van der Waals surface area contributed by atoms with E-state index in [4.69, 9.17) is 22.6 Å². The SMILES string of the molecule is C#C[C@@]1(N)C(O)C(CO)O[C@H]1n1cnc2c1N=C(N)NC2=C. The Morgan fingerprint density at radius 1 is 1.64 bits per heavy atom. The first-order chi connectivity index (χ1) is 10.4. The van der Waals surface area contributed by atoms with Gasteiger partial charge in [-0.15, -0.1) is 6.42 Å². The van der Waals surface area contributed by atoms with Crippen LogP contribution < -0.4 is 16.8 Å². The molecule has 9 heteroatoms. The lowest BCUT2D eigenvalue weighted by molar-refractivity contribution is -0.0453. The number of hydrogen-bond donors (Lipinski definition) is 5. The van der Waals surface area contributed by atoms with Gasteiger partial charge in [-0.2, -0.15) is 4.99 Å². The molecule has 0 saturated carbocycles. The van der Waals surface area contributed by atoms with Crippen LogP contribution in [0.25, 0.3) is 5.70 Å². The first-order valence-corrected chi connectivity index (χ1v) is 6.50. The predicted octanol–water partition coefficient (Wildman–Crippen LogP) is -2.02. The second-order valence-electron chi connectivity index (χ2n) is 5.16. The Kier molecular flexibility index (Phi) is 3.19. The number of terminal acetylenes is 1. The van der Waals surface area contributed by atoms with Crippen LogP contribution in [0, 0.1) is 12.3 Å². The molecule has 4 atom stereocenters. The number of aliphatic hydroxyl groups excluding tert-OH is 2. The number of aliphatic imine (C=N–C) groups is 1. The van der Waals surface area contributed by atoms with E-state index < -0.39 is 30.6 Å². The fourth-order valence-corrected chi connectivity index (χ4v) is 2.61. The quantitative estimate of drug-likeness (QED) is 0.397. The Bertz CT molecular complexity index is 705. The van der Waals surface area contributed by atoms with Crippen molar-refractivity contribution >= 4 is 17.5 Å². The molecule has 3 heterocycles. The van der Waals surface area contributed by atoms with Crippen LogP contribution in [0.2, 0.25) is 0 Å². The van der Waals surface area contributed by atoms with Crippen molar-refractivity contribution in [3.8, 4) is 12.3 Å². The van der Waals surface area contributed by atoms with Crippen molar-refractivity contribution in [3.63, 3.8) is 0 Å². The first-order valence-electron chi connectivity index (χ1n) is 6.50. The number of nitrogens with one attached hydrogen (secondary N) is 1. The fourth-order valence-electron chi connectivity index (χ4n) is 2.61. The lowest BCUT2D eigenvalue weighted by Crippen LogP contribution is -2.53. The smallest absolute Gasteiger partial charge is 0.199 e. The van der Waals surface area contributed by atoms with Gasteiger partial charge in [0.2, 0.25) is 0 Å². The van der Waals surface area contributed by atoms with E-state index in [0.29, 0.717) is 17.2 Å². The summed E-state index contributed by atoms with van der Waals surface area (Å²) in [7, 11) is 0. The van der Waals surface area contributed by atoms with E-state index in [9.17, 15) is 10.2 Å². The largest absolute Gasteiger partial charge is 0.394 e. The van der Waals surface area contributed by atoms with Crippen LogP contribution >= 0.6 is 0 Å². The number of rotatable bonds is 2. The number of fused-ring (bicyclic) bond motifs is 1. The van der Waals surface area contributed by atoms with Gasteiger partial charge in [0.25, 0.3) is 0 Å². The van der Waals surface area contributed by atoms with Crippen molar-refractivity contribution in [1.82, 2.24) is 14.9 Å². The number of aromatic nitrogens is 2. The van der Waals surface area contributed by atoms with Crippen LogP contribution in [0.5, 0.6) is 0 Å². The number of nitrogens with two attached hydrogens (primary N) is 2. The molecule has 3 rings (SSSR count). The number of imidazole rings is 1. The highest BCUT2D eigenvalue weighted by Gasteiger charge is 2.54. The van der Waals surface area contributed by atoms with Crippen molar-refractivity contribution in [3.05, 3.63) is 18.6 Å². The molecule has 116 valence electrons. The summed E-state index contributed by atoms with van der Waals surface area (Å²) in [5.74, 6) is 2.85. The molecule has 0 bridgehead atoms. The zero-order chi connectivity index (χ0) is 16.1. The predicted molar refractivity (Wildman–Crippen MR) is 78.4 cm³/mol. The second kappa shape index (κ2) is 4.82. The summed E-state index contributed by atoms with van der Waals surface area (Å²) in [6, 6.07) is 0. The number of aliphatic hydroxyl groups is 2. The molecular formula is C13H16N6O3. The third kappa shape index (κ3) is 1.83. The van der Waals surface area contributed by atoms with Crippen LogP contribution in [0.4, 0.5) is 5.82 Å². The minimum absolute atomic E-state index is 0.139. The number of nitrogens with zero attached hydrogens (tertiary/aromatic N) is 3. The number of guanidine groups is 1. The first kappa shape index (κ1) is 14.6. The van der Waals surface area contributed by atoms with E-state index in [1.54, 1.807) is 0 Å². The summed E-state index contributed by atoms with van der Waals surface area (Å²) < 4.78 is 7.08. The van der Waals surface area contributed by atoms with Crippen molar-refractivity contribution in [2.24, 2.45) is 16.5 Å². The normalized spacial score (nSPS) is 33.8. The van der Waals surface area contributed by atoms with Crippen molar-refractivity contribution < 1.29 is 14.9 Å². The molecule has 0 spiro atoms. The molecule has 7 N–H and O–H groups in total. The van der Waals surface area contributed by atoms with Gasteiger partial charge in [-0.25, -0.2) is 4.98 Å². The van der Waals surface area contributed by atoms with Crippen molar-refractivity contribution in [1.29, 1.82) is 0 Å². The third-order valence-corrected chi connectivity index (χ3v) is 3.80. The maximum atomic E-state index is 10.2. The molecule has 2 unspecified atom stereocenters. The van der Waals surface area contributed by atoms with E-state index in [-0.39, 0.29) is 5.96 Å². The minimum atomic E-state index is -1.54. The average Bonchev–Trinajstić information content (AvgIpc) is 3.00. The Morgan fingerprint density at radius 2 is 2.36 bits per heavy atom. The van der Waals surface area contributed by atoms with Crippen LogP contribution in [0.15, 0.2) is 17.9 Å². The highest BCUT2D eigenvalue weighted by Crippen LogP contribution is 2.40. The highest BCUT2D eigenvalue weighted by atomic mass is 16.5. The molecular weight excluding hydrogens is 288 g/mol. The number of hydrogen-bond acceptors (Lipinski definition) is 8. The zero-order valence-corrected chi connectivity index (χ0v) is 11.6. The van der Waals surface area contributed by atoms with E-state index in [0.717, 1.165) is 0 Å². The fraction of sp³-hybridized carbons (Fsp3) is 0.385. The van der Waals surface area contributed by atoms with Gasteiger partial charge in [-0.1, -0.05) is 12.5 Å². The zero-order valence-electron chi connectivity index (χ0n) is 11.6. The van der Waals surface area contributed by atoms with Crippen molar-refractivity contribution in [2.45, 2.75) is 24.0 Å². The van der Waals surface area contributed by atoms with Gasteiger partial charge in [0.15, 0.2) is 23.5 Å². The van der Waals surface area contributed by atoms with Crippen LogP contribution in [-0.2, 0) is 4.74 Å². The maximum absolute atomic E-state index is 10.2. The molecule has 1 saturated heterocycles. The Hall–Kier alpha value is -2.38. The molecule has 0 radical (unpaired) electrons. The lowest BCUT2D eigenvalue weighted by atomic mass is 9.92. The summed E-state index contributed by atoms with van der Waals surface area (Å²) in [5, 5.41) is 22.3. The van der Waals surface area contributed by atoms with E-state index in [1.165, 1.54) is 10.9 Å². The Balaban J connectivity index is 2.10. The molecule has 0 aromatic carbocycles. The van der Waals surface area contributed by atoms with E-state index in [2.05, 4.69) is 27.8 Å². The van der Waals surface area contributed by atoms with Gasteiger partial charge in [-0.3, -0.25) is 4.57 Å². The monoisotopic (exact) mass is 304 g/mol. The van der Waals surface area contributed by atoms with Gasteiger partial charge in [0, 0.05) is 0 Å². The summed E-state index contributed by atoms with van der Waals surface area (Å²) in [6.07, 6.45) is 3.81. The van der Waals surface area contributed by atoms with Crippen LogP contribution in [0.1, 0.15) is 11.9 Å². The molecule has 1 aromatic heterocycles. The van der Waals surface area contributed by atoms with E-state index in [1.807, 2.05) is 0 Å². The summed E-state index contributed by atoms with van der Waals surface area (Å²) in [4.78, 5) is 8.33. The molecule has 9 nitrogen and oxygen atoms in total. The average molecular weight is 304 g/mol. The minimum Gasteiger partial charge on any atom is -0.394 e.